The molecule has 0 fully saturated rings. The fourth-order valence-corrected chi connectivity index (χ4v) is 3.95. The Morgan fingerprint density at radius 3 is 2.22 bits per heavy atom. The van der Waals surface area contributed by atoms with Gasteiger partial charge in [-0.25, -0.2) is 4.79 Å². The zero-order chi connectivity index (χ0) is 20.0. The van der Waals surface area contributed by atoms with Crippen molar-refractivity contribution in [1.82, 2.24) is 0 Å². The highest BCUT2D eigenvalue weighted by molar-refractivity contribution is 7.15. The number of nitrogens with one attached hydrogen (secondary N) is 1. The fourth-order valence-electron chi connectivity index (χ4n) is 2.99. The van der Waals surface area contributed by atoms with Crippen LogP contribution in [0.25, 0.3) is 11.1 Å². The van der Waals surface area contributed by atoms with Crippen molar-refractivity contribution < 1.29 is 14.3 Å². The Labute approximate surface area is 165 Å². The van der Waals surface area contributed by atoms with E-state index in [1.54, 1.807) is 6.92 Å². The highest BCUT2D eigenvalue weighted by Gasteiger charge is 2.24. The Hall–Kier alpha value is -2.14. The predicted octanol–water partition coefficient (Wildman–Crippen LogP) is 6.09. The summed E-state index contributed by atoms with van der Waals surface area (Å²) in [5, 5.41) is 5.43. The summed E-state index contributed by atoms with van der Waals surface area (Å²) in [5.41, 5.74) is 3.43. The molecule has 0 unspecified atom stereocenters. The normalized spacial score (nSPS) is 11.1. The van der Waals surface area contributed by atoms with Gasteiger partial charge >= 0.3 is 5.97 Å². The number of esters is 1. The summed E-state index contributed by atoms with van der Waals surface area (Å²) in [7, 11) is 0. The molecule has 2 rings (SSSR count). The van der Waals surface area contributed by atoms with Crippen LogP contribution in [-0.4, -0.2) is 18.5 Å². The van der Waals surface area contributed by atoms with Gasteiger partial charge in [-0.2, -0.15) is 0 Å². The molecule has 0 atom stereocenters. The fraction of sp³-hybridized carbons (Fsp3) is 0.455. The van der Waals surface area contributed by atoms with Crippen molar-refractivity contribution in [3.8, 4) is 11.1 Å². The summed E-state index contributed by atoms with van der Waals surface area (Å²) in [6.45, 7) is 10.4. The van der Waals surface area contributed by atoms with Crippen molar-refractivity contribution in [2.45, 2.75) is 53.4 Å². The van der Waals surface area contributed by atoms with Gasteiger partial charge in [0.2, 0.25) is 5.91 Å². The van der Waals surface area contributed by atoms with Gasteiger partial charge in [-0.05, 0) is 36.8 Å². The van der Waals surface area contributed by atoms with E-state index in [2.05, 4.69) is 31.3 Å². The number of rotatable bonds is 8. The van der Waals surface area contributed by atoms with Crippen LogP contribution < -0.4 is 5.32 Å². The summed E-state index contributed by atoms with van der Waals surface area (Å²) in [4.78, 5) is 25.1. The maximum Gasteiger partial charge on any atom is 0.341 e. The Morgan fingerprint density at radius 1 is 1.07 bits per heavy atom. The molecule has 1 amide bonds. The lowest BCUT2D eigenvalue weighted by Gasteiger charge is -2.13. The van der Waals surface area contributed by atoms with Crippen molar-refractivity contribution >= 4 is 28.2 Å². The molecule has 27 heavy (non-hydrogen) atoms. The number of hydrogen-bond acceptors (Lipinski definition) is 4. The summed E-state index contributed by atoms with van der Waals surface area (Å²) >= 11 is 1.37. The van der Waals surface area contributed by atoms with Crippen LogP contribution in [0.1, 0.15) is 69.3 Å². The average molecular weight is 388 g/mol. The van der Waals surface area contributed by atoms with Gasteiger partial charge < -0.3 is 10.1 Å². The zero-order valence-corrected chi connectivity index (χ0v) is 17.6. The van der Waals surface area contributed by atoms with Crippen LogP contribution in [0.5, 0.6) is 0 Å². The summed E-state index contributed by atoms with van der Waals surface area (Å²) in [5.74, 6) is -0.0625. The number of carbonyl (C=O) groups is 2. The third-order valence-electron chi connectivity index (χ3n) is 4.75. The van der Waals surface area contributed by atoms with Crippen LogP contribution in [0.3, 0.4) is 0 Å². The van der Waals surface area contributed by atoms with E-state index in [1.807, 2.05) is 31.4 Å². The second-order valence-electron chi connectivity index (χ2n) is 6.85. The summed E-state index contributed by atoms with van der Waals surface area (Å²) in [6, 6.07) is 8.20. The van der Waals surface area contributed by atoms with Gasteiger partial charge in [0, 0.05) is 16.9 Å². The molecule has 4 nitrogen and oxygen atoms in total. The molecule has 0 radical (unpaired) electrons. The highest BCUT2D eigenvalue weighted by Crippen LogP contribution is 2.37. The molecule has 0 saturated carbocycles. The van der Waals surface area contributed by atoms with E-state index in [0.29, 0.717) is 23.1 Å². The molecule has 1 aromatic heterocycles. The van der Waals surface area contributed by atoms with Crippen LogP contribution >= 0.6 is 11.3 Å². The van der Waals surface area contributed by atoms with E-state index in [0.717, 1.165) is 24.0 Å². The van der Waals surface area contributed by atoms with Crippen LogP contribution in [0.4, 0.5) is 5.00 Å². The zero-order valence-electron chi connectivity index (χ0n) is 16.8. The second kappa shape index (κ2) is 9.70. The van der Waals surface area contributed by atoms with Gasteiger partial charge in [0.25, 0.3) is 0 Å². The minimum atomic E-state index is -0.401. The number of carbonyl (C=O) groups excluding carboxylic acids is 2. The van der Waals surface area contributed by atoms with E-state index in [-0.39, 0.29) is 11.8 Å². The number of benzene rings is 1. The topological polar surface area (TPSA) is 55.4 Å². The van der Waals surface area contributed by atoms with E-state index < -0.39 is 5.97 Å². The molecule has 1 aromatic carbocycles. The number of hydrogen-bond donors (Lipinski definition) is 1. The number of anilines is 1. The van der Waals surface area contributed by atoms with E-state index in [9.17, 15) is 9.59 Å². The minimum Gasteiger partial charge on any atom is -0.462 e. The smallest absolute Gasteiger partial charge is 0.341 e. The molecule has 1 N–H and O–H groups in total. The highest BCUT2D eigenvalue weighted by atomic mass is 32.1. The summed E-state index contributed by atoms with van der Waals surface area (Å²) < 4.78 is 5.26. The lowest BCUT2D eigenvalue weighted by Crippen LogP contribution is -2.22. The molecule has 5 heteroatoms. The van der Waals surface area contributed by atoms with E-state index in [1.165, 1.54) is 16.9 Å². The standard InChI is InChI=1S/C22H29NO3S/c1-6-15(7-2)20(24)23-21-19(22(25)26-8-3)18(13-27-21)17-11-9-16(10-12-17)14(4)5/h9-15H,6-8H2,1-5H3,(H,23,24). The van der Waals surface area contributed by atoms with Crippen molar-refractivity contribution in [1.29, 1.82) is 0 Å². The molecular formula is C22H29NO3S. The van der Waals surface area contributed by atoms with Gasteiger partial charge in [0.1, 0.15) is 10.6 Å². The first kappa shape index (κ1) is 21.2. The Kier molecular flexibility index (Phi) is 7.60. The minimum absolute atomic E-state index is 0.0471. The van der Waals surface area contributed by atoms with Crippen LogP contribution in [0, 0.1) is 5.92 Å². The lowest BCUT2D eigenvalue weighted by molar-refractivity contribution is -0.120. The number of thiophene rings is 1. The molecule has 0 bridgehead atoms. The van der Waals surface area contributed by atoms with Crippen molar-refractivity contribution in [3.63, 3.8) is 0 Å². The molecule has 0 spiro atoms. The lowest BCUT2D eigenvalue weighted by atomic mass is 9.98. The van der Waals surface area contributed by atoms with E-state index in [4.69, 9.17) is 4.74 Å². The Morgan fingerprint density at radius 2 is 1.70 bits per heavy atom. The third kappa shape index (κ3) is 4.98. The molecule has 1 heterocycles. The van der Waals surface area contributed by atoms with Crippen molar-refractivity contribution in [2.24, 2.45) is 5.92 Å². The molecule has 2 aromatic rings. The molecule has 146 valence electrons. The predicted molar refractivity (Wildman–Crippen MR) is 113 cm³/mol. The number of ether oxygens (including phenoxy) is 1. The third-order valence-corrected chi connectivity index (χ3v) is 5.65. The van der Waals surface area contributed by atoms with Crippen molar-refractivity contribution in [3.05, 3.63) is 40.8 Å². The van der Waals surface area contributed by atoms with E-state index >= 15 is 0 Å². The Bertz CT molecular complexity index is 773. The first-order valence-electron chi connectivity index (χ1n) is 9.62. The van der Waals surface area contributed by atoms with Crippen LogP contribution in [-0.2, 0) is 9.53 Å². The molecular weight excluding hydrogens is 358 g/mol. The first-order chi connectivity index (χ1) is 12.9. The van der Waals surface area contributed by atoms with Gasteiger partial charge in [-0.3, -0.25) is 4.79 Å². The number of amides is 1. The van der Waals surface area contributed by atoms with Crippen LogP contribution in [0.2, 0.25) is 0 Å². The van der Waals surface area contributed by atoms with Gasteiger partial charge in [0.05, 0.1) is 6.61 Å². The molecule has 0 saturated heterocycles. The first-order valence-corrected chi connectivity index (χ1v) is 10.5. The Balaban J connectivity index is 2.42. The quantitative estimate of drug-likeness (QED) is 0.558. The monoisotopic (exact) mass is 387 g/mol. The molecule has 0 aliphatic heterocycles. The van der Waals surface area contributed by atoms with Crippen LogP contribution in [0.15, 0.2) is 29.6 Å². The maximum absolute atomic E-state index is 12.6. The average Bonchev–Trinajstić information content (AvgIpc) is 3.06. The molecule has 0 aliphatic rings. The van der Waals surface area contributed by atoms with Gasteiger partial charge in [-0.15, -0.1) is 11.3 Å². The largest absolute Gasteiger partial charge is 0.462 e. The van der Waals surface area contributed by atoms with Gasteiger partial charge in [-0.1, -0.05) is 52.0 Å². The summed E-state index contributed by atoms with van der Waals surface area (Å²) in [6.07, 6.45) is 1.54. The maximum atomic E-state index is 12.6. The van der Waals surface area contributed by atoms with Crippen molar-refractivity contribution in [2.75, 3.05) is 11.9 Å². The SMILES string of the molecule is CCOC(=O)c1c(-c2ccc(C(C)C)cc2)csc1NC(=O)C(CC)CC. The molecule has 0 aliphatic carbocycles. The van der Waals surface area contributed by atoms with Gasteiger partial charge in [0.15, 0.2) is 0 Å². The second-order valence-corrected chi connectivity index (χ2v) is 7.73.